The Morgan fingerprint density at radius 3 is 1.94 bits per heavy atom. The molecule has 8 heteroatoms. The van der Waals surface area contributed by atoms with Crippen molar-refractivity contribution in [1.82, 2.24) is 19.8 Å². The zero-order valence-corrected chi connectivity index (χ0v) is 21.0. The van der Waals surface area contributed by atoms with Crippen LogP contribution < -0.4 is 19.8 Å². The summed E-state index contributed by atoms with van der Waals surface area (Å²) in [7, 11) is 3.83. The smallest absolute Gasteiger partial charge is 0.343 e. The van der Waals surface area contributed by atoms with E-state index in [1.165, 1.54) is 0 Å². The molecule has 1 saturated carbocycles. The van der Waals surface area contributed by atoms with Crippen molar-refractivity contribution in [3.63, 3.8) is 0 Å². The zero-order chi connectivity index (χ0) is 24.0. The molecule has 0 aromatic carbocycles. The number of amides is 2. The molecule has 1 aliphatic carbocycles. The Bertz CT molecular complexity index is 947. The Morgan fingerprint density at radius 2 is 1.42 bits per heavy atom. The molecule has 2 aromatic rings. The summed E-state index contributed by atoms with van der Waals surface area (Å²) in [6, 6.07) is 0.0841. The number of hydrogen-bond acceptors (Lipinski definition) is 2. The van der Waals surface area contributed by atoms with Gasteiger partial charge in [-0.2, -0.15) is 0 Å². The van der Waals surface area contributed by atoms with Gasteiger partial charge in [-0.25, -0.2) is 18.3 Å². The summed E-state index contributed by atoms with van der Waals surface area (Å²) < 4.78 is 7.85. The normalized spacial score (nSPS) is 20.6. The van der Waals surface area contributed by atoms with E-state index < -0.39 is 0 Å². The summed E-state index contributed by atoms with van der Waals surface area (Å²) in [5, 5.41) is 6.52. The maximum Gasteiger partial charge on any atom is 0.347 e. The molecule has 0 bridgehead atoms. The lowest BCUT2D eigenvalue weighted by Crippen LogP contribution is -2.52. The van der Waals surface area contributed by atoms with Gasteiger partial charge in [-0.05, 0) is 38.0 Å². The lowest BCUT2D eigenvalue weighted by atomic mass is 9.82. The molecule has 33 heavy (non-hydrogen) atoms. The van der Waals surface area contributed by atoms with Gasteiger partial charge < -0.3 is 10.6 Å². The number of nitrogens with zero attached hydrogens (tertiary/aromatic N) is 4. The van der Waals surface area contributed by atoms with Gasteiger partial charge in [0, 0.05) is 12.1 Å². The molecule has 182 valence electrons. The summed E-state index contributed by atoms with van der Waals surface area (Å²) in [5.74, 6) is 1.66. The highest BCUT2D eigenvalue weighted by Gasteiger charge is 2.34. The molecule has 0 saturated heterocycles. The van der Waals surface area contributed by atoms with E-state index in [1.54, 1.807) is 0 Å². The van der Waals surface area contributed by atoms with E-state index >= 15 is 0 Å². The number of unbranched alkanes of at least 4 members (excludes halogenated alkanes) is 2. The molecule has 8 nitrogen and oxygen atoms in total. The van der Waals surface area contributed by atoms with Crippen LogP contribution in [0.3, 0.4) is 0 Å². The van der Waals surface area contributed by atoms with E-state index in [4.69, 9.17) is 0 Å². The van der Waals surface area contributed by atoms with E-state index in [1.807, 2.05) is 57.2 Å². The van der Waals surface area contributed by atoms with Crippen LogP contribution in [0.5, 0.6) is 0 Å². The monoisotopic (exact) mass is 458 g/mol. The van der Waals surface area contributed by atoms with Crippen LogP contribution in [0.15, 0.2) is 24.8 Å². The third-order valence-corrected chi connectivity index (χ3v) is 6.91. The van der Waals surface area contributed by atoms with E-state index in [0.29, 0.717) is 17.6 Å². The second-order valence-electron chi connectivity index (χ2n) is 9.60. The second-order valence-corrected chi connectivity index (χ2v) is 9.60. The number of imidazole rings is 2. The molecular formula is C25H42N6O2+2. The first-order valence-electron chi connectivity index (χ1n) is 12.6. The molecule has 1 aliphatic rings. The molecule has 2 heterocycles. The van der Waals surface area contributed by atoms with Crippen molar-refractivity contribution < 1.29 is 18.7 Å². The summed E-state index contributed by atoms with van der Waals surface area (Å²) in [6.45, 7) is 8.18. The Morgan fingerprint density at radius 1 is 0.909 bits per heavy atom. The van der Waals surface area contributed by atoms with Gasteiger partial charge in [-0.1, -0.05) is 33.6 Å². The average molecular weight is 459 g/mol. The van der Waals surface area contributed by atoms with E-state index in [2.05, 4.69) is 31.4 Å². The molecule has 2 amide bonds. The molecule has 3 atom stereocenters. The van der Waals surface area contributed by atoms with E-state index in [9.17, 15) is 9.59 Å². The standard InChI is InChI=1S/C25H40N6O2/c1-6-8-12-30-16-14-28(4)24(30)22(32)26-20-11-10-19(3)21(18-20)27-23(33)25-29(5)15-17-31(25)13-9-7-2/h14-17,19-21H,6-13,18H2,1-5H3/p+2. The third kappa shape index (κ3) is 6.03. The summed E-state index contributed by atoms with van der Waals surface area (Å²) in [4.78, 5) is 26.3. The summed E-state index contributed by atoms with van der Waals surface area (Å²) >= 11 is 0. The van der Waals surface area contributed by atoms with Crippen LogP contribution in [0.1, 0.15) is 87.0 Å². The number of hydrogen-bond donors (Lipinski definition) is 2. The molecule has 0 radical (unpaired) electrons. The number of rotatable bonds is 10. The largest absolute Gasteiger partial charge is 0.347 e. The Labute approximate surface area is 198 Å². The summed E-state index contributed by atoms with van der Waals surface area (Å²) in [5.41, 5.74) is 0. The maximum absolute atomic E-state index is 13.2. The first kappa shape index (κ1) is 25.0. The van der Waals surface area contributed by atoms with Crippen LogP contribution in [0.4, 0.5) is 0 Å². The van der Waals surface area contributed by atoms with Gasteiger partial charge in [0.15, 0.2) is 0 Å². The number of nitrogens with one attached hydrogen (secondary N) is 2. The highest BCUT2D eigenvalue weighted by molar-refractivity contribution is 5.90. The van der Waals surface area contributed by atoms with Crippen molar-refractivity contribution in [2.45, 2.75) is 90.9 Å². The molecule has 0 aliphatic heterocycles. The first-order valence-corrected chi connectivity index (χ1v) is 12.6. The maximum atomic E-state index is 13.2. The topological polar surface area (TPSA) is 75.8 Å². The lowest BCUT2D eigenvalue weighted by Gasteiger charge is -2.34. The van der Waals surface area contributed by atoms with Crippen LogP contribution in [-0.4, -0.2) is 33.0 Å². The van der Waals surface area contributed by atoms with Crippen molar-refractivity contribution in [2.75, 3.05) is 0 Å². The zero-order valence-electron chi connectivity index (χ0n) is 21.0. The Hall–Kier alpha value is -2.64. The second kappa shape index (κ2) is 11.5. The van der Waals surface area contributed by atoms with Gasteiger partial charge >= 0.3 is 23.5 Å². The molecule has 0 spiro atoms. The van der Waals surface area contributed by atoms with Crippen molar-refractivity contribution >= 4 is 11.8 Å². The molecular weight excluding hydrogens is 416 g/mol. The fourth-order valence-electron chi connectivity index (χ4n) is 4.78. The molecule has 1 fully saturated rings. The van der Waals surface area contributed by atoms with E-state index in [-0.39, 0.29) is 23.9 Å². The Balaban J connectivity index is 1.65. The first-order chi connectivity index (χ1) is 15.8. The highest BCUT2D eigenvalue weighted by Crippen LogP contribution is 2.25. The molecule has 3 rings (SSSR count). The minimum absolute atomic E-state index is 0.0340. The van der Waals surface area contributed by atoms with Crippen LogP contribution in [-0.2, 0) is 27.2 Å². The molecule has 2 N–H and O–H groups in total. The van der Waals surface area contributed by atoms with Gasteiger partial charge in [0.2, 0.25) is 0 Å². The van der Waals surface area contributed by atoms with Crippen LogP contribution in [0.25, 0.3) is 0 Å². The van der Waals surface area contributed by atoms with Gasteiger partial charge in [0.1, 0.15) is 24.8 Å². The van der Waals surface area contributed by atoms with Crippen LogP contribution in [0, 0.1) is 5.92 Å². The number of carbonyl (C=O) groups is 2. The van der Waals surface area contributed by atoms with Crippen molar-refractivity contribution in [3.8, 4) is 0 Å². The van der Waals surface area contributed by atoms with Gasteiger partial charge in [0.25, 0.3) is 0 Å². The molecule has 3 unspecified atom stereocenters. The van der Waals surface area contributed by atoms with Crippen molar-refractivity contribution in [1.29, 1.82) is 0 Å². The summed E-state index contributed by atoms with van der Waals surface area (Å²) in [6.07, 6.45) is 14.7. The lowest BCUT2D eigenvalue weighted by molar-refractivity contribution is -0.673. The van der Waals surface area contributed by atoms with Crippen molar-refractivity contribution in [2.24, 2.45) is 20.0 Å². The highest BCUT2D eigenvalue weighted by atomic mass is 16.2. The van der Waals surface area contributed by atoms with Crippen LogP contribution in [0.2, 0.25) is 0 Å². The van der Waals surface area contributed by atoms with Gasteiger partial charge in [-0.3, -0.25) is 9.59 Å². The number of aromatic nitrogens is 4. The van der Waals surface area contributed by atoms with Gasteiger partial charge in [-0.15, -0.1) is 0 Å². The third-order valence-electron chi connectivity index (χ3n) is 6.91. The fourth-order valence-corrected chi connectivity index (χ4v) is 4.78. The number of aryl methyl sites for hydroxylation is 4. The predicted molar refractivity (Wildman–Crippen MR) is 127 cm³/mol. The predicted octanol–water partition coefficient (Wildman–Crippen LogP) is 2.26. The van der Waals surface area contributed by atoms with Gasteiger partial charge in [0.05, 0.1) is 27.2 Å². The SMILES string of the molecule is CCCCn1cc[n+](C)c1C(=O)NC1CCC(C)C(NC(=O)c2n(CCCC)cc[n+]2C)C1. The fraction of sp³-hybridized carbons (Fsp3) is 0.680. The van der Waals surface area contributed by atoms with Crippen molar-refractivity contribution in [3.05, 3.63) is 36.4 Å². The Kier molecular flexibility index (Phi) is 8.69. The quantitative estimate of drug-likeness (QED) is 0.536. The minimum atomic E-state index is -0.0396. The molecule has 2 aromatic heterocycles. The van der Waals surface area contributed by atoms with Crippen LogP contribution >= 0.6 is 0 Å². The minimum Gasteiger partial charge on any atom is -0.343 e. The van der Waals surface area contributed by atoms with E-state index in [0.717, 1.165) is 58.0 Å². The average Bonchev–Trinajstić information content (AvgIpc) is 3.34. The number of carbonyl (C=O) groups excluding carboxylic acids is 2.